The van der Waals surface area contributed by atoms with Crippen molar-refractivity contribution in [2.75, 3.05) is 26.2 Å². The molecule has 4 heteroatoms. The molecule has 0 aliphatic carbocycles. The number of hydrogen-bond donors (Lipinski definition) is 1. The highest BCUT2D eigenvalue weighted by Gasteiger charge is 2.12. The number of likely N-dealkylation sites (tertiary alicyclic amines) is 1. The molecular weight excluding hydrogens is 250 g/mol. The Bertz CT molecular complexity index is 579. The first kappa shape index (κ1) is 13.3. The molecular formula is C16H21N3O. The zero-order chi connectivity index (χ0) is 13.8. The summed E-state index contributed by atoms with van der Waals surface area (Å²) < 4.78 is 5.89. The predicted molar refractivity (Wildman–Crippen MR) is 80.8 cm³/mol. The van der Waals surface area contributed by atoms with Gasteiger partial charge in [-0.2, -0.15) is 0 Å². The van der Waals surface area contributed by atoms with Crippen molar-refractivity contribution in [1.82, 2.24) is 9.88 Å². The fourth-order valence-corrected chi connectivity index (χ4v) is 2.78. The quantitative estimate of drug-likeness (QED) is 0.905. The molecule has 2 heterocycles. The van der Waals surface area contributed by atoms with E-state index < -0.39 is 0 Å². The molecule has 0 spiro atoms. The molecule has 1 aromatic carbocycles. The molecule has 1 fully saturated rings. The Kier molecular flexibility index (Phi) is 4.14. The standard InChI is InChI=1S/C16H21N3O/c17-11-13-12-18-16(15-6-2-1-5-14(13)15)20-10-9-19-7-3-4-8-19/h1-2,5-6,12H,3-4,7-11,17H2. The van der Waals surface area contributed by atoms with Crippen LogP contribution in [0.4, 0.5) is 0 Å². The first-order valence-corrected chi connectivity index (χ1v) is 7.30. The minimum absolute atomic E-state index is 0.502. The number of ether oxygens (including phenoxy) is 1. The van der Waals surface area contributed by atoms with E-state index in [0.29, 0.717) is 13.2 Å². The van der Waals surface area contributed by atoms with Crippen LogP contribution in [0.3, 0.4) is 0 Å². The topological polar surface area (TPSA) is 51.4 Å². The minimum Gasteiger partial charge on any atom is -0.476 e. The Morgan fingerprint density at radius 2 is 1.90 bits per heavy atom. The third-order valence-corrected chi connectivity index (χ3v) is 3.91. The monoisotopic (exact) mass is 271 g/mol. The molecule has 3 rings (SSSR count). The summed E-state index contributed by atoms with van der Waals surface area (Å²) in [5, 5.41) is 2.19. The van der Waals surface area contributed by atoms with Crippen LogP contribution in [0, 0.1) is 0 Å². The first-order chi connectivity index (χ1) is 9.88. The van der Waals surface area contributed by atoms with E-state index in [2.05, 4.69) is 16.0 Å². The smallest absolute Gasteiger partial charge is 0.221 e. The van der Waals surface area contributed by atoms with Gasteiger partial charge < -0.3 is 10.5 Å². The van der Waals surface area contributed by atoms with Crippen LogP contribution in [0.1, 0.15) is 18.4 Å². The fourth-order valence-electron chi connectivity index (χ4n) is 2.78. The largest absolute Gasteiger partial charge is 0.476 e. The summed E-state index contributed by atoms with van der Waals surface area (Å²) in [7, 11) is 0. The Labute approximate surface area is 119 Å². The summed E-state index contributed by atoms with van der Waals surface area (Å²) in [6.45, 7) is 4.57. The van der Waals surface area contributed by atoms with E-state index in [1.807, 2.05) is 24.4 Å². The molecule has 0 radical (unpaired) electrons. The Balaban J connectivity index is 1.74. The van der Waals surface area contributed by atoms with E-state index in [9.17, 15) is 0 Å². The van der Waals surface area contributed by atoms with Gasteiger partial charge in [0.05, 0.1) is 0 Å². The summed E-state index contributed by atoms with van der Waals surface area (Å²) in [6.07, 6.45) is 4.45. The second-order valence-electron chi connectivity index (χ2n) is 5.24. The van der Waals surface area contributed by atoms with Gasteiger partial charge in [-0.3, -0.25) is 4.90 Å². The van der Waals surface area contributed by atoms with Crippen LogP contribution in [0.25, 0.3) is 10.8 Å². The summed E-state index contributed by atoms with van der Waals surface area (Å²) in [5.41, 5.74) is 6.82. The van der Waals surface area contributed by atoms with Crippen LogP contribution in [-0.2, 0) is 6.54 Å². The number of pyridine rings is 1. The van der Waals surface area contributed by atoms with Crippen LogP contribution in [-0.4, -0.2) is 36.1 Å². The molecule has 0 amide bonds. The van der Waals surface area contributed by atoms with Gasteiger partial charge in [0.25, 0.3) is 0 Å². The van der Waals surface area contributed by atoms with Gasteiger partial charge in [-0.25, -0.2) is 4.98 Å². The van der Waals surface area contributed by atoms with Gasteiger partial charge in [0.15, 0.2) is 0 Å². The molecule has 0 atom stereocenters. The number of nitrogens with zero attached hydrogens (tertiary/aromatic N) is 2. The van der Waals surface area contributed by atoms with Crippen molar-refractivity contribution in [3.05, 3.63) is 36.0 Å². The second-order valence-corrected chi connectivity index (χ2v) is 5.24. The SMILES string of the molecule is NCc1cnc(OCCN2CCCC2)c2ccccc12. The molecule has 1 aliphatic rings. The number of nitrogens with two attached hydrogens (primary N) is 1. The lowest BCUT2D eigenvalue weighted by Gasteiger charge is -2.15. The van der Waals surface area contributed by atoms with Crippen LogP contribution >= 0.6 is 0 Å². The molecule has 1 aromatic heterocycles. The van der Waals surface area contributed by atoms with Crippen LogP contribution < -0.4 is 10.5 Å². The maximum atomic E-state index is 5.89. The van der Waals surface area contributed by atoms with Crippen LogP contribution in [0.15, 0.2) is 30.5 Å². The third kappa shape index (κ3) is 2.76. The number of aromatic nitrogens is 1. The van der Waals surface area contributed by atoms with Crippen molar-refractivity contribution in [3.8, 4) is 5.88 Å². The first-order valence-electron chi connectivity index (χ1n) is 7.30. The molecule has 0 unspecified atom stereocenters. The van der Waals surface area contributed by atoms with E-state index in [0.717, 1.165) is 28.8 Å². The molecule has 1 aliphatic heterocycles. The van der Waals surface area contributed by atoms with Crippen molar-refractivity contribution in [2.24, 2.45) is 5.73 Å². The van der Waals surface area contributed by atoms with Crippen LogP contribution in [0.5, 0.6) is 5.88 Å². The average molecular weight is 271 g/mol. The molecule has 2 aromatic rings. The molecule has 106 valence electrons. The molecule has 0 bridgehead atoms. The Morgan fingerprint density at radius 1 is 1.15 bits per heavy atom. The Hall–Kier alpha value is -1.65. The molecule has 4 nitrogen and oxygen atoms in total. The van der Waals surface area contributed by atoms with Gasteiger partial charge in [-0.15, -0.1) is 0 Å². The van der Waals surface area contributed by atoms with Crippen LogP contribution in [0.2, 0.25) is 0 Å². The van der Waals surface area contributed by atoms with E-state index in [1.165, 1.54) is 25.9 Å². The third-order valence-electron chi connectivity index (χ3n) is 3.91. The van der Waals surface area contributed by atoms with Crippen molar-refractivity contribution in [2.45, 2.75) is 19.4 Å². The summed E-state index contributed by atoms with van der Waals surface area (Å²) >= 11 is 0. The normalized spacial score (nSPS) is 15.8. The van der Waals surface area contributed by atoms with Crippen molar-refractivity contribution in [3.63, 3.8) is 0 Å². The lowest BCUT2D eigenvalue weighted by Crippen LogP contribution is -2.25. The summed E-state index contributed by atoms with van der Waals surface area (Å²) in [6, 6.07) is 8.16. The number of benzene rings is 1. The lowest BCUT2D eigenvalue weighted by atomic mass is 10.1. The van der Waals surface area contributed by atoms with Gasteiger partial charge in [-0.05, 0) is 42.9 Å². The molecule has 2 N–H and O–H groups in total. The Morgan fingerprint density at radius 3 is 2.65 bits per heavy atom. The summed E-state index contributed by atoms with van der Waals surface area (Å²) in [4.78, 5) is 6.86. The maximum absolute atomic E-state index is 5.89. The fraction of sp³-hybridized carbons (Fsp3) is 0.438. The maximum Gasteiger partial charge on any atom is 0.221 e. The van der Waals surface area contributed by atoms with Gasteiger partial charge in [0.2, 0.25) is 5.88 Å². The van der Waals surface area contributed by atoms with Crippen molar-refractivity contribution >= 4 is 10.8 Å². The van der Waals surface area contributed by atoms with E-state index in [4.69, 9.17) is 10.5 Å². The van der Waals surface area contributed by atoms with Gasteiger partial charge in [0, 0.05) is 24.7 Å². The van der Waals surface area contributed by atoms with Gasteiger partial charge in [0.1, 0.15) is 6.61 Å². The number of rotatable bonds is 5. The predicted octanol–water partition coefficient (Wildman–Crippen LogP) is 2.17. The number of fused-ring (bicyclic) bond motifs is 1. The highest BCUT2D eigenvalue weighted by atomic mass is 16.5. The van der Waals surface area contributed by atoms with E-state index in [1.54, 1.807) is 0 Å². The zero-order valence-corrected chi connectivity index (χ0v) is 11.7. The van der Waals surface area contributed by atoms with E-state index in [-0.39, 0.29) is 0 Å². The highest BCUT2D eigenvalue weighted by molar-refractivity contribution is 5.89. The molecule has 1 saturated heterocycles. The van der Waals surface area contributed by atoms with Gasteiger partial charge >= 0.3 is 0 Å². The highest BCUT2D eigenvalue weighted by Crippen LogP contribution is 2.25. The van der Waals surface area contributed by atoms with Crippen molar-refractivity contribution in [1.29, 1.82) is 0 Å². The minimum atomic E-state index is 0.502. The zero-order valence-electron chi connectivity index (χ0n) is 11.7. The average Bonchev–Trinajstić information content (AvgIpc) is 3.01. The van der Waals surface area contributed by atoms with Gasteiger partial charge in [-0.1, -0.05) is 18.2 Å². The molecule has 0 saturated carbocycles. The number of hydrogen-bond acceptors (Lipinski definition) is 4. The summed E-state index contributed by atoms with van der Waals surface area (Å²) in [5.74, 6) is 0.719. The van der Waals surface area contributed by atoms with Crippen molar-refractivity contribution < 1.29 is 4.74 Å². The lowest BCUT2D eigenvalue weighted by molar-refractivity contribution is 0.234. The second kappa shape index (κ2) is 6.20. The molecule has 20 heavy (non-hydrogen) atoms. The van der Waals surface area contributed by atoms with E-state index >= 15 is 0 Å².